The van der Waals surface area contributed by atoms with Gasteiger partial charge in [0.05, 0.1) is 11.9 Å². The number of aromatic carboxylic acids is 1. The van der Waals surface area contributed by atoms with Crippen LogP contribution >= 0.6 is 0 Å². The van der Waals surface area contributed by atoms with Crippen molar-refractivity contribution in [1.82, 2.24) is 9.97 Å². The third-order valence-corrected chi connectivity index (χ3v) is 2.80. The predicted molar refractivity (Wildman–Crippen MR) is 74.9 cm³/mol. The van der Waals surface area contributed by atoms with Gasteiger partial charge < -0.3 is 21.1 Å². The first-order valence-corrected chi connectivity index (χ1v) is 5.97. The fraction of sp³-hybridized carbons (Fsp3) is 0.154. The minimum atomic E-state index is -0.949. The van der Waals surface area contributed by atoms with Gasteiger partial charge in [0.25, 0.3) is 5.56 Å². The number of benzene rings is 1. The number of aromatic nitrogens is 2. The van der Waals surface area contributed by atoms with Crippen molar-refractivity contribution in [3.63, 3.8) is 0 Å². The number of nitrogen functional groups attached to an aromatic ring is 1. The third kappa shape index (κ3) is 3.14. The topological polar surface area (TPSA) is 121 Å². The molecule has 0 atom stereocenters. The summed E-state index contributed by atoms with van der Waals surface area (Å²) in [5.41, 5.74) is 6.48. The Balaban J connectivity index is 1.94. The van der Waals surface area contributed by atoms with Gasteiger partial charge in [-0.05, 0) is 24.1 Å². The van der Waals surface area contributed by atoms with Crippen LogP contribution < -0.4 is 16.6 Å². The molecule has 0 saturated carbocycles. The summed E-state index contributed by atoms with van der Waals surface area (Å²) in [5, 5.41) is 11.8. The van der Waals surface area contributed by atoms with Gasteiger partial charge in [-0.15, -0.1) is 0 Å². The van der Waals surface area contributed by atoms with E-state index in [0.717, 1.165) is 5.56 Å². The summed E-state index contributed by atoms with van der Waals surface area (Å²) < 4.78 is 0. The summed E-state index contributed by atoms with van der Waals surface area (Å²) in [7, 11) is 0. The molecule has 0 aliphatic carbocycles. The third-order valence-electron chi connectivity index (χ3n) is 2.80. The number of anilines is 2. The average molecular weight is 274 g/mol. The molecule has 0 saturated heterocycles. The van der Waals surface area contributed by atoms with Crippen molar-refractivity contribution in [2.45, 2.75) is 6.42 Å². The van der Waals surface area contributed by atoms with Crippen LogP contribution in [-0.4, -0.2) is 27.6 Å². The molecular weight excluding hydrogens is 260 g/mol. The van der Waals surface area contributed by atoms with Gasteiger partial charge in [0.15, 0.2) is 5.82 Å². The monoisotopic (exact) mass is 274 g/mol. The van der Waals surface area contributed by atoms with E-state index in [9.17, 15) is 9.59 Å². The van der Waals surface area contributed by atoms with Crippen molar-refractivity contribution in [2.75, 3.05) is 17.6 Å². The van der Waals surface area contributed by atoms with Crippen molar-refractivity contribution >= 4 is 17.5 Å². The van der Waals surface area contributed by atoms with Crippen molar-refractivity contribution in [2.24, 2.45) is 0 Å². The molecule has 7 heteroatoms. The van der Waals surface area contributed by atoms with Gasteiger partial charge in [-0.3, -0.25) is 4.79 Å². The normalized spacial score (nSPS) is 10.2. The van der Waals surface area contributed by atoms with E-state index < -0.39 is 5.97 Å². The van der Waals surface area contributed by atoms with Crippen LogP contribution in [0, 0.1) is 0 Å². The molecule has 1 aromatic heterocycles. The van der Waals surface area contributed by atoms with Crippen LogP contribution in [0.3, 0.4) is 0 Å². The van der Waals surface area contributed by atoms with Crippen LogP contribution in [0.15, 0.2) is 35.4 Å². The van der Waals surface area contributed by atoms with Crippen molar-refractivity contribution in [3.8, 4) is 0 Å². The fourth-order valence-corrected chi connectivity index (χ4v) is 1.69. The highest BCUT2D eigenvalue weighted by molar-refractivity contribution is 5.87. The number of hydrogen-bond donors (Lipinski definition) is 4. The van der Waals surface area contributed by atoms with E-state index in [4.69, 9.17) is 10.8 Å². The first kappa shape index (κ1) is 13.6. The zero-order valence-corrected chi connectivity index (χ0v) is 10.6. The SMILES string of the molecule is Nc1c(NCCc2ccc(C(=O)O)cc2)nc[nH]c1=O. The Hall–Kier alpha value is -2.83. The molecule has 2 aromatic rings. The zero-order valence-electron chi connectivity index (χ0n) is 10.6. The molecule has 104 valence electrons. The number of nitrogens with one attached hydrogen (secondary N) is 2. The molecule has 0 radical (unpaired) electrons. The van der Waals surface area contributed by atoms with Gasteiger partial charge in [-0.2, -0.15) is 0 Å². The smallest absolute Gasteiger partial charge is 0.335 e. The standard InChI is InChI=1S/C13H14N4O3/c14-10-11(16-7-17-12(10)18)15-6-5-8-1-3-9(4-2-8)13(19)20/h1-4,7H,5-6,14H2,(H,19,20)(H2,15,16,17,18). The van der Waals surface area contributed by atoms with E-state index in [2.05, 4.69) is 15.3 Å². The Kier molecular flexibility index (Phi) is 3.99. The van der Waals surface area contributed by atoms with E-state index >= 15 is 0 Å². The Morgan fingerprint density at radius 1 is 1.35 bits per heavy atom. The summed E-state index contributed by atoms with van der Waals surface area (Å²) in [6, 6.07) is 6.61. The van der Waals surface area contributed by atoms with Gasteiger partial charge in [-0.25, -0.2) is 9.78 Å². The molecule has 0 fully saturated rings. The molecule has 0 spiro atoms. The largest absolute Gasteiger partial charge is 0.478 e. The summed E-state index contributed by atoms with van der Waals surface area (Å²) in [4.78, 5) is 28.3. The lowest BCUT2D eigenvalue weighted by Gasteiger charge is -2.07. The van der Waals surface area contributed by atoms with Gasteiger partial charge in [-0.1, -0.05) is 12.1 Å². The maximum atomic E-state index is 11.3. The van der Waals surface area contributed by atoms with E-state index in [1.165, 1.54) is 6.33 Å². The number of carboxylic acids is 1. The van der Waals surface area contributed by atoms with Crippen molar-refractivity contribution in [1.29, 1.82) is 0 Å². The predicted octanol–water partition coefficient (Wildman–Crippen LogP) is 0.705. The fourth-order valence-electron chi connectivity index (χ4n) is 1.69. The van der Waals surface area contributed by atoms with Gasteiger partial charge in [0.1, 0.15) is 5.69 Å². The van der Waals surface area contributed by atoms with Crippen LogP contribution in [-0.2, 0) is 6.42 Å². The highest BCUT2D eigenvalue weighted by atomic mass is 16.4. The van der Waals surface area contributed by atoms with E-state index in [1.807, 2.05) is 0 Å². The number of hydrogen-bond acceptors (Lipinski definition) is 5. The highest BCUT2D eigenvalue weighted by Gasteiger charge is 2.04. The van der Waals surface area contributed by atoms with Gasteiger partial charge in [0, 0.05) is 6.54 Å². The summed E-state index contributed by atoms with van der Waals surface area (Å²) >= 11 is 0. The second-order valence-electron chi connectivity index (χ2n) is 4.17. The maximum absolute atomic E-state index is 11.3. The lowest BCUT2D eigenvalue weighted by molar-refractivity contribution is 0.0697. The first-order chi connectivity index (χ1) is 9.58. The molecule has 0 unspecified atom stereocenters. The van der Waals surface area contributed by atoms with Gasteiger partial charge >= 0.3 is 5.97 Å². The molecule has 0 amide bonds. The number of H-pyrrole nitrogens is 1. The second-order valence-corrected chi connectivity index (χ2v) is 4.17. The number of nitrogens with two attached hydrogens (primary N) is 1. The van der Waals surface area contributed by atoms with Crippen LogP contribution in [0.1, 0.15) is 15.9 Å². The molecule has 1 aromatic carbocycles. The van der Waals surface area contributed by atoms with E-state index in [-0.39, 0.29) is 16.8 Å². The van der Waals surface area contributed by atoms with Crippen LogP contribution in [0.2, 0.25) is 0 Å². The minimum absolute atomic E-state index is 0.0497. The minimum Gasteiger partial charge on any atom is -0.478 e. The number of rotatable bonds is 5. The summed E-state index contributed by atoms with van der Waals surface area (Å²) in [5.74, 6) is -0.605. The molecule has 7 nitrogen and oxygen atoms in total. The highest BCUT2D eigenvalue weighted by Crippen LogP contribution is 2.09. The lowest BCUT2D eigenvalue weighted by atomic mass is 10.1. The van der Waals surface area contributed by atoms with E-state index in [0.29, 0.717) is 18.8 Å². The molecule has 2 rings (SSSR count). The van der Waals surface area contributed by atoms with Crippen molar-refractivity contribution < 1.29 is 9.90 Å². The van der Waals surface area contributed by atoms with Crippen LogP contribution in [0.25, 0.3) is 0 Å². The summed E-state index contributed by atoms with van der Waals surface area (Å²) in [6.07, 6.45) is 1.94. The molecule has 20 heavy (non-hydrogen) atoms. The number of nitrogens with zero attached hydrogens (tertiary/aromatic N) is 1. The maximum Gasteiger partial charge on any atom is 0.335 e. The summed E-state index contributed by atoms with van der Waals surface area (Å²) in [6.45, 7) is 0.535. The Bertz CT molecular complexity index is 664. The Morgan fingerprint density at radius 3 is 2.70 bits per heavy atom. The molecule has 1 heterocycles. The van der Waals surface area contributed by atoms with Crippen LogP contribution in [0.4, 0.5) is 11.5 Å². The molecule has 0 aliphatic rings. The zero-order chi connectivity index (χ0) is 14.5. The lowest BCUT2D eigenvalue weighted by Crippen LogP contribution is -2.17. The first-order valence-electron chi connectivity index (χ1n) is 5.97. The molecule has 0 bridgehead atoms. The number of carbonyl (C=O) groups is 1. The average Bonchev–Trinajstić information content (AvgIpc) is 2.44. The Morgan fingerprint density at radius 2 is 2.05 bits per heavy atom. The van der Waals surface area contributed by atoms with E-state index in [1.54, 1.807) is 24.3 Å². The molecule has 0 aliphatic heterocycles. The quantitative estimate of drug-likeness (QED) is 0.637. The Labute approximate surface area is 114 Å². The number of aromatic amines is 1. The van der Waals surface area contributed by atoms with Gasteiger partial charge in [0.2, 0.25) is 0 Å². The second kappa shape index (κ2) is 5.87. The number of carboxylic acid groups (broad SMARTS) is 1. The van der Waals surface area contributed by atoms with Crippen LogP contribution in [0.5, 0.6) is 0 Å². The molecule has 5 N–H and O–H groups in total. The van der Waals surface area contributed by atoms with Crippen molar-refractivity contribution in [3.05, 3.63) is 52.1 Å². The molecular formula is C13H14N4O3.